The van der Waals surface area contributed by atoms with Gasteiger partial charge in [-0.1, -0.05) is 27.7 Å². The highest BCUT2D eigenvalue weighted by Gasteiger charge is 2.15. The molecule has 0 radical (unpaired) electrons. The zero-order chi connectivity index (χ0) is 23.2. The summed E-state index contributed by atoms with van der Waals surface area (Å²) in [5, 5.41) is 2.47. The maximum Gasteiger partial charge on any atom is 0.308 e. The van der Waals surface area contributed by atoms with E-state index >= 15 is 0 Å². The second kappa shape index (κ2) is 15.7. The van der Waals surface area contributed by atoms with Crippen LogP contribution in [0.3, 0.4) is 0 Å². The zero-order valence-electron chi connectivity index (χ0n) is 19.9. The van der Waals surface area contributed by atoms with Gasteiger partial charge in [0, 0.05) is 18.0 Å². The van der Waals surface area contributed by atoms with Gasteiger partial charge in [0.05, 0.1) is 17.3 Å². The summed E-state index contributed by atoms with van der Waals surface area (Å²) in [6.07, 6.45) is 0.0138. The summed E-state index contributed by atoms with van der Waals surface area (Å²) in [6, 6.07) is 0.257. The Bertz CT molecular complexity index is 499. The first-order valence-corrected chi connectivity index (χ1v) is 11.5. The Morgan fingerprint density at radius 2 is 1.14 bits per heavy atom. The molecule has 0 unspecified atom stereocenters. The highest BCUT2D eigenvalue weighted by molar-refractivity contribution is 7.90. The molecule has 0 bridgehead atoms. The van der Waals surface area contributed by atoms with Crippen molar-refractivity contribution in [1.82, 2.24) is 10.0 Å². The van der Waals surface area contributed by atoms with Crippen molar-refractivity contribution >= 4 is 21.9 Å². The van der Waals surface area contributed by atoms with E-state index in [1.165, 1.54) is 0 Å². The summed E-state index contributed by atoms with van der Waals surface area (Å²) in [5.74, 6) is 0.106. The Labute approximate surface area is 173 Å². The highest BCUT2D eigenvalue weighted by atomic mass is 32.2. The molecule has 7 nitrogen and oxygen atoms in total. The van der Waals surface area contributed by atoms with Crippen LogP contribution in [0.1, 0.15) is 83.1 Å². The van der Waals surface area contributed by atoms with Crippen LogP contribution in [0.15, 0.2) is 0 Å². The molecule has 0 heterocycles. The predicted octanol–water partition coefficient (Wildman–Crippen LogP) is 3.48. The lowest BCUT2D eigenvalue weighted by Gasteiger charge is -2.11. The van der Waals surface area contributed by atoms with Gasteiger partial charge in [0.25, 0.3) is 0 Å². The SMILES string of the molecule is CC(C)NC(=O)C(C)C.CC(C)NS(=O)(=O)C(C)C.CC(C)OC(=O)C(C)C. The number of carbonyl (C=O) groups excluding carboxylic acids is 2. The molecule has 8 heteroatoms. The molecule has 0 fully saturated rings. The zero-order valence-corrected chi connectivity index (χ0v) is 20.7. The van der Waals surface area contributed by atoms with Crippen molar-refractivity contribution in [3.8, 4) is 0 Å². The smallest absolute Gasteiger partial charge is 0.308 e. The van der Waals surface area contributed by atoms with Gasteiger partial charge in [0.1, 0.15) is 0 Å². The van der Waals surface area contributed by atoms with E-state index in [2.05, 4.69) is 10.0 Å². The Kier molecular flexibility index (Phi) is 17.7. The molecule has 0 aliphatic heterocycles. The van der Waals surface area contributed by atoms with Gasteiger partial charge in [0.15, 0.2) is 0 Å². The van der Waals surface area contributed by atoms with Crippen LogP contribution in [0.2, 0.25) is 0 Å². The number of nitrogens with one attached hydrogen (secondary N) is 2. The normalized spacial score (nSPS) is 11.4. The highest BCUT2D eigenvalue weighted by Crippen LogP contribution is 1.99. The van der Waals surface area contributed by atoms with Gasteiger partial charge in [0.2, 0.25) is 15.9 Å². The van der Waals surface area contributed by atoms with Crippen molar-refractivity contribution in [2.45, 2.75) is 107 Å². The molecule has 0 aliphatic rings. The van der Waals surface area contributed by atoms with Crippen molar-refractivity contribution in [1.29, 1.82) is 0 Å². The van der Waals surface area contributed by atoms with Crippen LogP contribution in [-0.2, 0) is 24.3 Å². The number of amides is 1. The lowest BCUT2D eigenvalue weighted by Crippen LogP contribution is -2.35. The molecule has 0 rings (SSSR count). The third-order valence-corrected chi connectivity index (χ3v) is 4.84. The Morgan fingerprint density at radius 1 is 0.714 bits per heavy atom. The molecular weight excluding hydrogens is 380 g/mol. The fourth-order valence-corrected chi connectivity index (χ4v) is 2.21. The van der Waals surface area contributed by atoms with Gasteiger partial charge in [-0.2, -0.15) is 0 Å². The molecule has 0 aliphatic carbocycles. The number of carbonyl (C=O) groups is 2. The van der Waals surface area contributed by atoms with E-state index in [0.717, 1.165) is 0 Å². The van der Waals surface area contributed by atoms with Crippen LogP contribution in [0.5, 0.6) is 0 Å². The molecule has 0 saturated heterocycles. The molecule has 1 amide bonds. The van der Waals surface area contributed by atoms with Crippen LogP contribution in [0, 0.1) is 11.8 Å². The Balaban J connectivity index is -0.000000336. The van der Waals surface area contributed by atoms with Gasteiger partial charge in [-0.05, 0) is 55.4 Å². The predicted molar refractivity (Wildman–Crippen MR) is 117 cm³/mol. The number of rotatable bonds is 7. The Hall–Kier alpha value is -1.15. The van der Waals surface area contributed by atoms with Crippen LogP contribution in [-0.4, -0.2) is 43.7 Å². The van der Waals surface area contributed by atoms with Crippen molar-refractivity contribution in [2.75, 3.05) is 0 Å². The lowest BCUT2D eigenvalue weighted by molar-refractivity contribution is -0.151. The molecule has 0 saturated carbocycles. The second-order valence-electron chi connectivity index (χ2n) is 8.32. The molecule has 0 spiro atoms. The average Bonchev–Trinajstić information content (AvgIpc) is 2.45. The molecule has 170 valence electrons. The third kappa shape index (κ3) is 21.2. The van der Waals surface area contributed by atoms with E-state index in [1.54, 1.807) is 27.7 Å². The summed E-state index contributed by atoms with van der Waals surface area (Å²) < 4.78 is 29.4. The quantitative estimate of drug-likeness (QED) is 0.609. The minimum absolute atomic E-state index is 0.00704. The average molecular weight is 425 g/mol. The van der Waals surface area contributed by atoms with Crippen LogP contribution >= 0.6 is 0 Å². The summed E-state index contributed by atoms with van der Waals surface area (Å²) in [4.78, 5) is 21.6. The lowest BCUT2D eigenvalue weighted by atomic mass is 10.2. The minimum atomic E-state index is -3.05. The maximum absolute atomic E-state index is 11.0. The fourth-order valence-electron chi connectivity index (χ4n) is 1.28. The fraction of sp³-hybridized carbons (Fsp3) is 0.900. The largest absolute Gasteiger partial charge is 0.463 e. The van der Waals surface area contributed by atoms with Crippen LogP contribution in [0.25, 0.3) is 0 Å². The summed E-state index contributed by atoms with van der Waals surface area (Å²) in [6.45, 7) is 22.0. The number of esters is 1. The van der Waals surface area contributed by atoms with E-state index in [1.807, 2.05) is 55.4 Å². The minimum Gasteiger partial charge on any atom is -0.463 e. The first-order valence-electron chi connectivity index (χ1n) is 9.95. The topological polar surface area (TPSA) is 102 Å². The van der Waals surface area contributed by atoms with Gasteiger partial charge in [-0.3, -0.25) is 9.59 Å². The molecule has 0 aromatic heterocycles. The van der Waals surface area contributed by atoms with Crippen molar-refractivity contribution in [3.63, 3.8) is 0 Å². The van der Waals surface area contributed by atoms with Gasteiger partial charge in [-0.25, -0.2) is 13.1 Å². The monoisotopic (exact) mass is 424 g/mol. The van der Waals surface area contributed by atoms with Crippen LogP contribution in [0.4, 0.5) is 0 Å². The van der Waals surface area contributed by atoms with Gasteiger partial charge >= 0.3 is 5.97 Å². The second-order valence-corrected chi connectivity index (χ2v) is 10.6. The number of ether oxygens (including phenoxy) is 1. The number of sulfonamides is 1. The first kappa shape index (κ1) is 31.5. The molecule has 28 heavy (non-hydrogen) atoms. The first-order chi connectivity index (χ1) is 12.4. The number of hydrogen-bond donors (Lipinski definition) is 2. The number of hydrogen-bond acceptors (Lipinski definition) is 5. The van der Waals surface area contributed by atoms with Gasteiger partial charge in [-0.15, -0.1) is 0 Å². The molecule has 0 atom stereocenters. The molecule has 0 aromatic rings. The maximum atomic E-state index is 11.0. The van der Waals surface area contributed by atoms with E-state index < -0.39 is 10.0 Å². The van der Waals surface area contributed by atoms with Crippen molar-refractivity contribution in [2.24, 2.45) is 11.8 Å². The van der Waals surface area contributed by atoms with E-state index in [0.29, 0.717) is 0 Å². The van der Waals surface area contributed by atoms with Crippen molar-refractivity contribution in [3.05, 3.63) is 0 Å². The van der Waals surface area contributed by atoms with Crippen LogP contribution < -0.4 is 10.0 Å². The van der Waals surface area contributed by atoms with E-state index in [9.17, 15) is 18.0 Å². The third-order valence-electron chi connectivity index (χ3n) is 2.80. The summed E-state index contributed by atoms with van der Waals surface area (Å²) >= 11 is 0. The van der Waals surface area contributed by atoms with Crippen molar-refractivity contribution < 1.29 is 22.7 Å². The Morgan fingerprint density at radius 3 is 1.25 bits per heavy atom. The van der Waals surface area contributed by atoms with E-state index in [4.69, 9.17) is 4.74 Å². The molecular formula is C20H44N2O5S. The van der Waals surface area contributed by atoms with Gasteiger partial charge < -0.3 is 10.1 Å². The van der Waals surface area contributed by atoms with E-state index in [-0.39, 0.29) is 47.1 Å². The molecule has 2 N–H and O–H groups in total. The summed E-state index contributed by atoms with van der Waals surface area (Å²) in [7, 11) is -3.05. The molecule has 0 aromatic carbocycles. The standard InChI is InChI=1S/C7H15NO.C7H14O2.C6H15NO2S/c1-5(2)7(9)8-6(3)4;1-5(2)7(8)9-6(3)4;1-5(2)7-10(8,9)6(3)4/h5-6H,1-4H3,(H,8,9);5-6H,1-4H3;5-7H,1-4H3. The summed E-state index contributed by atoms with van der Waals surface area (Å²) in [5.41, 5.74) is 0.